The molecule has 1 aromatic heterocycles. The highest BCUT2D eigenvalue weighted by atomic mass is 19.4. The molecule has 2 heterocycles. The van der Waals surface area contributed by atoms with Crippen LogP contribution < -0.4 is 16.0 Å². The van der Waals surface area contributed by atoms with Crippen molar-refractivity contribution in [2.24, 2.45) is 5.73 Å². The topological polar surface area (TPSA) is 104 Å². The first kappa shape index (κ1) is 22.3. The molecule has 0 radical (unpaired) electrons. The van der Waals surface area contributed by atoms with Crippen LogP contribution in [-0.2, 0) is 10.3 Å². The third kappa shape index (κ3) is 5.02. The van der Waals surface area contributed by atoms with E-state index >= 15 is 0 Å². The molecule has 4 rings (SSSR count). The summed E-state index contributed by atoms with van der Waals surface area (Å²) in [6.07, 6.45) is -4.19. The highest BCUT2D eigenvalue weighted by Crippen LogP contribution is 2.32. The predicted molar refractivity (Wildman–Crippen MR) is 112 cm³/mol. The van der Waals surface area contributed by atoms with Gasteiger partial charge in [-0.25, -0.2) is 9.78 Å². The van der Waals surface area contributed by atoms with Crippen molar-refractivity contribution in [3.05, 3.63) is 60.2 Å². The zero-order valence-corrected chi connectivity index (χ0v) is 16.7. The molecule has 31 heavy (non-hydrogen) atoms. The van der Waals surface area contributed by atoms with Crippen LogP contribution in [-0.4, -0.2) is 47.4 Å². The van der Waals surface area contributed by atoms with Gasteiger partial charge in [0.15, 0.2) is 0 Å². The molecule has 10 heteroatoms. The quantitative estimate of drug-likeness (QED) is 0.582. The van der Waals surface area contributed by atoms with Gasteiger partial charge in [-0.1, -0.05) is 42.5 Å². The van der Waals surface area contributed by atoms with E-state index in [0.29, 0.717) is 0 Å². The average Bonchev–Trinajstić information content (AvgIpc) is 3.17. The number of carboxylic acid groups (broad SMARTS) is 1. The molecule has 2 aromatic carbocycles. The lowest BCUT2D eigenvalue weighted by Gasteiger charge is -2.25. The number of halogens is 3. The molecule has 0 amide bonds. The predicted octanol–water partition coefficient (Wildman–Crippen LogP) is 3.37. The van der Waals surface area contributed by atoms with Gasteiger partial charge in [0.1, 0.15) is 5.82 Å². The Kier molecular flexibility index (Phi) is 6.30. The minimum atomic E-state index is -5.08. The lowest BCUT2D eigenvalue weighted by molar-refractivity contribution is -0.192. The van der Waals surface area contributed by atoms with Crippen LogP contribution >= 0.6 is 0 Å². The van der Waals surface area contributed by atoms with E-state index < -0.39 is 12.1 Å². The molecule has 4 N–H and O–H groups in total. The van der Waals surface area contributed by atoms with Crippen molar-refractivity contribution < 1.29 is 23.1 Å². The van der Waals surface area contributed by atoms with Crippen molar-refractivity contribution in [2.75, 3.05) is 30.4 Å². The number of nitrogens with one attached hydrogen (secondary N) is 1. The Labute approximate surface area is 176 Å². The molecule has 1 aliphatic rings. The van der Waals surface area contributed by atoms with E-state index in [4.69, 9.17) is 25.6 Å². The third-order valence-electron chi connectivity index (χ3n) is 5.00. The van der Waals surface area contributed by atoms with E-state index in [9.17, 15) is 13.2 Å². The SMILES string of the molecule is CNc1nc(N2CCC(N)(c3ccccc3)C2)nc2ccccc12.O=C(O)C(F)(F)F. The number of carboxylic acids is 1. The van der Waals surface area contributed by atoms with Gasteiger partial charge in [0.05, 0.1) is 11.1 Å². The summed E-state index contributed by atoms with van der Waals surface area (Å²) in [6, 6.07) is 18.4. The second-order valence-electron chi connectivity index (χ2n) is 7.14. The van der Waals surface area contributed by atoms with Crippen molar-refractivity contribution in [1.29, 1.82) is 0 Å². The first-order valence-corrected chi connectivity index (χ1v) is 9.48. The molecule has 1 saturated heterocycles. The highest BCUT2D eigenvalue weighted by Gasteiger charge is 2.38. The van der Waals surface area contributed by atoms with E-state index in [0.717, 1.165) is 42.2 Å². The van der Waals surface area contributed by atoms with Gasteiger partial charge in [0.2, 0.25) is 5.95 Å². The number of rotatable bonds is 3. The maximum absolute atomic E-state index is 10.6. The number of hydrogen-bond donors (Lipinski definition) is 3. The fourth-order valence-corrected chi connectivity index (χ4v) is 3.41. The lowest BCUT2D eigenvalue weighted by atomic mass is 9.90. The van der Waals surface area contributed by atoms with Crippen molar-refractivity contribution in [1.82, 2.24) is 9.97 Å². The van der Waals surface area contributed by atoms with Crippen LogP contribution in [0.3, 0.4) is 0 Å². The summed E-state index contributed by atoms with van der Waals surface area (Å²) in [4.78, 5) is 20.5. The number of carbonyl (C=O) groups is 1. The molecular formula is C21H22F3N5O2. The van der Waals surface area contributed by atoms with Crippen molar-refractivity contribution in [3.63, 3.8) is 0 Å². The summed E-state index contributed by atoms with van der Waals surface area (Å²) < 4.78 is 31.7. The van der Waals surface area contributed by atoms with Gasteiger partial charge in [-0.3, -0.25) is 0 Å². The monoisotopic (exact) mass is 433 g/mol. The Morgan fingerprint density at radius 3 is 2.35 bits per heavy atom. The number of alkyl halides is 3. The molecule has 0 spiro atoms. The number of aliphatic carboxylic acids is 1. The first-order chi connectivity index (χ1) is 14.6. The summed E-state index contributed by atoms with van der Waals surface area (Å²) >= 11 is 0. The molecule has 0 bridgehead atoms. The number of nitrogens with zero attached hydrogens (tertiary/aromatic N) is 3. The molecule has 3 aromatic rings. The van der Waals surface area contributed by atoms with Crippen molar-refractivity contribution >= 4 is 28.6 Å². The van der Waals surface area contributed by atoms with Crippen LogP contribution in [0.25, 0.3) is 10.9 Å². The maximum atomic E-state index is 10.6. The molecule has 1 fully saturated rings. The maximum Gasteiger partial charge on any atom is 0.490 e. The molecule has 1 unspecified atom stereocenters. The number of aromatic nitrogens is 2. The fraction of sp³-hybridized carbons (Fsp3) is 0.286. The fourth-order valence-electron chi connectivity index (χ4n) is 3.41. The van der Waals surface area contributed by atoms with Gasteiger partial charge < -0.3 is 21.1 Å². The largest absolute Gasteiger partial charge is 0.490 e. The van der Waals surface area contributed by atoms with Gasteiger partial charge in [0, 0.05) is 25.5 Å². The van der Waals surface area contributed by atoms with E-state index in [2.05, 4.69) is 22.3 Å². The molecule has 0 aliphatic carbocycles. The van der Waals surface area contributed by atoms with Crippen LogP contribution in [0.5, 0.6) is 0 Å². The van der Waals surface area contributed by atoms with E-state index in [1.165, 1.54) is 5.56 Å². The molecule has 1 atom stereocenters. The highest BCUT2D eigenvalue weighted by molar-refractivity contribution is 5.90. The second-order valence-corrected chi connectivity index (χ2v) is 7.14. The number of hydrogen-bond acceptors (Lipinski definition) is 6. The molecule has 164 valence electrons. The Morgan fingerprint density at radius 2 is 1.74 bits per heavy atom. The molecule has 1 aliphatic heterocycles. The summed E-state index contributed by atoms with van der Waals surface area (Å²) in [7, 11) is 1.89. The lowest BCUT2D eigenvalue weighted by Crippen LogP contribution is -2.40. The third-order valence-corrected chi connectivity index (χ3v) is 5.00. The number of benzene rings is 2. The van der Waals surface area contributed by atoms with Gasteiger partial charge in [-0.15, -0.1) is 0 Å². The van der Waals surface area contributed by atoms with Crippen LogP contribution in [0.15, 0.2) is 54.6 Å². The van der Waals surface area contributed by atoms with Gasteiger partial charge in [-0.2, -0.15) is 18.2 Å². The van der Waals surface area contributed by atoms with E-state index in [1.54, 1.807) is 0 Å². The normalized spacial score (nSPS) is 18.4. The zero-order valence-electron chi connectivity index (χ0n) is 16.7. The Hall–Kier alpha value is -3.40. The number of fused-ring (bicyclic) bond motifs is 1. The summed E-state index contributed by atoms with van der Waals surface area (Å²) in [5, 5.41) is 11.3. The van der Waals surface area contributed by atoms with Crippen LogP contribution in [0, 0.1) is 0 Å². The standard InChI is InChI=1S/C19H21N5.C2HF3O2/c1-21-17-15-9-5-6-10-16(15)22-18(23-17)24-12-11-19(20,13-24)14-7-3-2-4-8-14;3-2(4,5)1(6)7/h2-10H,11-13,20H2,1H3,(H,21,22,23);(H,6,7). The first-order valence-electron chi connectivity index (χ1n) is 9.48. The summed E-state index contributed by atoms with van der Waals surface area (Å²) in [6.45, 7) is 1.57. The van der Waals surface area contributed by atoms with Gasteiger partial charge in [-0.05, 0) is 24.1 Å². The minimum Gasteiger partial charge on any atom is -0.475 e. The van der Waals surface area contributed by atoms with E-state index in [-0.39, 0.29) is 5.54 Å². The van der Waals surface area contributed by atoms with Crippen molar-refractivity contribution in [2.45, 2.75) is 18.1 Å². The van der Waals surface area contributed by atoms with Gasteiger partial charge in [0.25, 0.3) is 0 Å². The summed E-state index contributed by atoms with van der Waals surface area (Å²) in [5.74, 6) is -1.17. The second kappa shape index (κ2) is 8.76. The number of para-hydroxylation sites is 1. The molecule has 7 nitrogen and oxygen atoms in total. The number of nitrogens with two attached hydrogens (primary N) is 1. The Bertz CT molecular complexity index is 1060. The molecule has 0 saturated carbocycles. The number of anilines is 2. The van der Waals surface area contributed by atoms with E-state index in [1.807, 2.05) is 49.5 Å². The summed E-state index contributed by atoms with van der Waals surface area (Å²) in [5.41, 5.74) is 8.44. The minimum absolute atomic E-state index is 0.351. The van der Waals surface area contributed by atoms with Crippen LogP contribution in [0.1, 0.15) is 12.0 Å². The van der Waals surface area contributed by atoms with Crippen molar-refractivity contribution in [3.8, 4) is 0 Å². The Morgan fingerprint density at radius 1 is 1.13 bits per heavy atom. The molecular weight excluding hydrogens is 411 g/mol. The average molecular weight is 433 g/mol. The van der Waals surface area contributed by atoms with Crippen LogP contribution in [0.4, 0.5) is 24.9 Å². The van der Waals surface area contributed by atoms with Crippen LogP contribution in [0.2, 0.25) is 0 Å². The Balaban J connectivity index is 0.000000339. The smallest absolute Gasteiger partial charge is 0.475 e. The zero-order chi connectivity index (χ0) is 22.6. The van der Waals surface area contributed by atoms with Gasteiger partial charge >= 0.3 is 12.1 Å².